The van der Waals surface area contributed by atoms with Crippen molar-refractivity contribution in [2.45, 2.75) is 19.9 Å². The minimum atomic E-state index is -3.44. The first-order valence-corrected chi connectivity index (χ1v) is 7.85. The number of anilines is 1. The van der Waals surface area contributed by atoms with Crippen molar-refractivity contribution in [3.8, 4) is 6.07 Å². The van der Waals surface area contributed by atoms with Crippen LogP contribution in [0.4, 0.5) is 5.69 Å². The Balaban J connectivity index is 2.79. The molecule has 0 bridgehead atoms. The summed E-state index contributed by atoms with van der Waals surface area (Å²) in [6, 6.07) is 8.09. The van der Waals surface area contributed by atoms with Gasteiger partial charge in [-0.15, -0.1) is 0 Å². The van der Waals surface area contributed by atoms with Gasteiger partial charge in [0.25, 0.3) is 0 Å². The number of sulfonamides is 1. The summed E-state index contributed by atoms with van der Waals surface area (Å²) in [7, 11) is -3.44. The van der Waals surface area contributed by atoms with Crippen LogP contribution in [0.1, 0.15) is 19.4 Å². The summed E-state index contributed by atoms with van der Waals surface area (Å²) in [6.45, 7) is 3.14. The van der Waals surface area contributed by atoms with Gasteiger partial charge in [0.2, 0.25) is 15.9 Å². The SMILES string of the molecule is CC(C)N(CC(=O)Nc1cccc(C#N)c1)S(C)(=O)=O. The Labute approximate surface area is 119 Å². The van der Waals surface area contributed by atoms with E-state index in [4.69, 9.17) is 5.26 Å². The molecule has 0 aliphatic rings. The highest BCUT2D eigenvalue weighted by Crippen LogP contribution is 2.11. The first-order valence-electron chi connectivity index (χ1n) is 6.01. The molecule has 1 rings (SSSR count). The first kappa shape index (κ1) is 16.1. The number of nitrogens with one attached hydrogen (secondary N) is 1. The zero-order chi connectivity index (χ0) is 15.3. The predicted octanol–water partition coefficient (Wildman–Crippen LogP) is 1.17. The Hall–Kier alpha value is -1.91. The zero-order valence-electron chi connectivity index (χ0n) is 11.6. The summed E-state index contributed by atoms with van der Waals surface area (Å²) >= 11 is 0. The van der Waals surface area contributed by atoms with Crippen molar-refractivity contribution >= 4 is 21.6 Å². The minimum absolute atomic E-state index is 0.257. The van der Waals surface area contributed by atoms with Crippen molar-refractivity contribution in [1.29, 1.82) is 5.26 Å². The van der Waals surface area contributed by atoms with Gasteiger partial charge in [0.05, 0.1) is 24.4 Å². The topological polar surface area (TPSA) is 90.3 Å². The van der Waals surface area contributed by atoms with Crippen LogP contribution in [0.3, 0.4) is 0 Å². The van der Waals surface area contributed by atoms with Crippen molar-refractivity contribution in [2.24, 2.45) is 0 Å². The van der Waals surface area contributed by atoms with E-state index in [0.717, 1.165) is 10.6 Å². The zero-order valence-corrected chi connectivity index (χ0v) is 12.4. The van der Waals surface area contributed by atoms with Crippen LogP contribution in [0.25, 0.3) is 0 Å². The molecule has 1 aromatic rings. The van der Waals surface area contributed by atoms with Gasteiger partial charge in [-0.25, -0.2) is 8.42 Å². The summed E-state index contributed by atoms with van der Waals surface area (Å²) in [5, 5.41) is 11.3. The molecule has 20 heavy (non-hydrogen) atoms. The number of nitriles is 1. The Morgan fingerprint density at radius 3 is 2.60 bits per heavy atom. The Morgan fingerprint density at radius 2 is 2.10 bits per heavy atom. The fourth-order valence-electron chi connectivity index (χ4n) is 1.69. The third-order valence-electron chi connectivity index (χ3n) is 2.58. The molecule has 0 fully saturated rings. The second-order valence-electron chi connectivity index (χ2n) is 4.64. The second kappa shape index (κ2) is 6.50. The lowest BCUT2D eigenvalue weighted by molar-refractivity contribution is -0.116. The average Bonchev–Trinajstić information content (AvgIpc) is 2.34. The van der Waals surface area contributed by atoms with Gasteiger partial charge in [-0.1, -0.05) is 6.07 Å². The van der Waals surface area contributed by atoms with E-state index in [-0.39, 0.29) is 12.6 Å². The van der Waals surface area contributed by atoms with Crippen molar-refractivity contribution in [3.63, 3.8) is 0 Å². The number of amides is 1. The maximum atomic E-state index is 11.9. The van der Waals surface area contributed by atoms with Gasteiger partial charge in [-0.05, 0) is 32.0 Å². The van der Waals surface area contributed by atoms with Crippen LogP contribution >= 0.6 is 0 Å². The lowest BCUT2D eigenvalue weighted by atomic mass is 10.2. The molecule has 1 aromatic carbocycles. The van der Waals surface area contributed by atoms with Gasteiger partial charge in [0, 0.05) is 11.7 Å². The molecular weight excluding hydrogens is 278 g/mol. The van der Waals surface area contributed by atoms with E-state index in [1.165, 1.54) is 6.07 Å². The van der Waals surface area contributed by atoms with E-state index in [1.54, 1.807) is 32.0 Å². The first-order chi connectivity index (χ1) is 9.24. The van der Waals surface area contributed by atoms with Crippen LogP contribution in [0.15, 0.2) is 24.3 Å². The monoisotopic (exact) mass is 295 g/mol. The number of hydrogen-bond acceptors (Lipinski definition) is 4. The van der Waals surface area contributed by atoms with Crippen molar-refractivity contribution in [1.82, 2.24) is 4.31 Å². The smallest absolute Gasteiger partial charge is 0.239 e. The third kappa shape index (κ3) is 4.64. The summed E-state index contributed by atoms with van der Waals surface area (Å²) in [5.41, 5.74) is 0.887. The Kier molecular flexibility index (Phi) is 5.25. The van der Waals surface area contributed by atoms with E-state index >= 15 is 0 Å². The molecule has 1 N–H and O–H groups in total. The quantitative estimate of drug-likeness (QED) is 0.882. The molecule has 0 saturated carbocycles. The molecule has 0 spiro atoms. The molecule has 0 unspecified atom stereocenters. The molecule has 0 aliphatic carbocycles. The third-order valence-corrected chi connectivity index (χ3v) is 3.98. The Morgan fingerprint density at radius 1 is 1.45 bits per heavy atom. The number of benzene rings is 1. The summed E-state index contributed by atoms with van der Waals surface area (Å²) in [4.78, 5) is 11.9. The van der Waals surface area contributed by atoms with Gasteiger partial charge < -0.3 is 5.32 Å². The Bertz CT molecular complexity index is 633. The van der Waals surface area contributed by atoms with Gasteiger partial charge in [-0.3, -0.25) is 4.79 Å². The summed E-state index contributed by atoms with van der Waals surface area (Å²) < 4.78 is 24.2. The van der Waals surface area contributed by atoms with Crippen LogP contribution in [0, 0.1) is 11.3 Å². The normalized spacial score (nSPS) is 11.4. The lowest BCUT2D eigenvalue weighted by Gasteiger charge is -2.23. The maximum absolute atomic E-state index is 11.9. The summed E-state index contributed by atoms with van der Waals surface area (Å²) in [5.74, 6) is -0.445. The number of rotatable bonds is 5. The van der Waals surface area contributed by atoms with Crippen LogP contribution in [-0.4, -0.2) is 37.5 Å². The molecule has 0 aromatic heterocycles. The minimum Gasteiger partial charge on any atom is -0.325 e. The van der Waals surface area contributed by atoms with E-state index in [9.17, 15) is 13.2 Å². The molecule has 6 nitrogen and oxygen atoms in total. The van der Waals surface area contributed by atoms with Gasteiger partial charge in [0.1, 0.15) is 0 Å². The van der Waals surface area contributed by atoms with Gasteiger partial charge in [0.15, 0.2) is 0 Å². The highest BCUT2D eigenvalue weighted by Gasteiger charge is 2.23. The van der Waals surface area contributed by atoms with E-state index in [0.29, 0.717) is 11.3 Å². The molecule has 108 valence electrons. The highest BCUT2D eigenvalue weighted by atomic mass is 32.2. The maximum Gasteiger partial charge on any atom is 0.239 e. The molecule has 0 atom stereocenters. The molecule has 0 aliphatic heterocycles. The van der Waals surface area contributed by atoms with E-state index in [1.807, 2.05) is 6.07 Å². The number of carbonyl (C=O) groups excluding carboxylic acids is 1. The van der Waals surface area contributed by atoms with E-state index in [2.05, 4.69) is 5.32 Å². The molecule has 0 saturated heterocycles. The van der Waals surface area contributed by atoms with Crippen LogP contribution in [-0.2, 0) is 14.8 Å². The van der Waals surface area contributed by atoms with Crippen LogP contribution < -0.4 is 5.32 Å². The largest absolute Gasteiger partial charge is 0.325 e. The number of nitrogens with zero attached hydrogens (tertiary/aromatic N) is 2. The number of hydrogen-bond donors (Lipinski definition) is 1. The fraction of sp³-hybridized carbons (Fsp3) is 0.385. The molecule has 1 amide bonds. The standard InChI is InChI=1S/C13H17N3O3S/c1-10(2)16(20(3,18)19)9-13(17)15-12-6-4-5-11(7-12)8-14/h4-7,10H,9H2,1-3H3,(H,15,17). The van der Waals surface area contributed by atoms with Crippen molar-refractivity contribution in [3.05, 3.63) is 29.8 Å². The lowest BCUT2D eigenvalue weighted by Crippen LogP contribution is -2.41. The fourth-order valence-corrected chi connectivity index (χ4v) is 2.81. The molecule has 0 radical (unpaired) electrons. The molecule has 7 heteroatoms. The van der Waals surface area contributed by atoms with Crippen LogP contribution in [0.5, 0.6) is 0 Å². The van der Waals surface area contributed by atoms with Crippen molar-refractivity contribution < 1.29 is 13.2 Å². The van der Waals surface area contributed by atoms with Gasteiger partial charge >= 0.3 is 0 Å². The van der Waals surface area contributed by atoms with Crippen LogP contribution in [0.2, 0.25) is 0 Å². The number of carbonyl (C=O) groups is 1. The predicted molar refractivity (Wildman–Crippen MR) is 76.5 cm³/mol. The highest BCUT2D eigenvalue weighted by molar-refractivity contribution is 7.88. The second-order valence-corrected chi connectivity index (χ2v) is 6.58. The summed E-state index contributed by atoms with van der Waals surface area (Å²) in [6.07, 6.45) is 1.07. The molecule has 0 heterocycles. The van der Waals surface area contributed by atoms with Gasteiger partial charge in [-0.2, -0.15) is 9.57 Å². The van der Waals surface area contributed by atoms with E-state index < -0.39 is 15.9 Å². The van der Waals surface area contributed by atoms with Crippen molar-refractivity contribution in [2.75, 3.05) is 18.1 Å². The average molecular weight is 295 g/mol. The molecular formula is C13H17N3O3S.